The molecule has 2 fully saturated rings. The smallest absolute Gasteiger partial charge is 0.399 e. The molecule has 1 N–H and O–H groups in total. The van der Waals surface area contributed by atoms with Crippen LogP contribution in [0.1, 0.15) is 50.9 Å². The number of nitrogens with one attached hydrogen (secondary N) is 1. The molecule has 2 heterocycles. The van der Waals surface area contributed by atoms with Gasteiger partial charge in [-0.1, -0.05) is 0 Å². The molecule has 1 amide bonds. The summed E-state index contributed by atoms with van der Waals surface area (Å²) >= 11 is 0. The second-order valence-corrected chi connectivity index (χ2v) is 7.53. The van der Waals surface area contributed by atoms with Crippen LogP contribution in [0.2, 0.25) is 0 Å². The predicted octanol–water partition coefficient (Wildman–Crippen LogP) is 1.91. The third-order valence-electron chi connectivity index (χ3n) is 4.97. The van der Waals surface area contributed by atoms with Crippen LogP contribution in [0.5, 0.6) is 0 Å². The van der Waals surface area contributed by atoms with Gasteiger partial charge in [-0.15, -0.1) is 0 Å². The van der Waals surface area contributed by atoms with E-state index in [1.165, 1.54) is 6.20 Å². The average Bonchev–Trinajstić information content (AvgIpc) is 2.65. The van der Waals surface area contributed by atoms with Gasteiger partial charge in [0.15, 0.2) is 0 Å². The normalized spacial score (nSPS) is 24.5. The van der Waals surface area contributed by atoms with Crippen LogP contribution in [-0.2, 0) is 9.31 Å². The number of halogens is 2. The Balaban J connectivity index is 1.70. The molecule has 1 aromatic rings. The lowest BCUT2D eigenvalue weighted by molar-refractivity contribution is -0.0901. The van der Waals surface area contributed by atoms with Gasteiger partial charge in [-0.05, 0) is 33.8 Å². The zero-order valence-electron chi connectivity index (χ0n) is 14.2. The van der Waals surface area contributed by atoms with Gasteiger partial charge in [0, 0.05) is 36.7 Å². The van der Waals surface area contributed by atoms with Crippen molar-refractivity contribution in [2.24, 2.45) is 0 Å². The molecule has 0 radical (unpaired) electrons. The van der Waals surface area contributed by atoms with Gasteiger partial charge >= 0.3 is 7.12 Å². The van der Waals surface area contributed by atoms with Gasteiger partial charge in [-0.3, -0.25) is 9.78 Å². The number of aromatic nitrogens is 1. The summed E-state index contributed by atoms with van der Waals surface area (Å²) in [4.78, 5) is 16.3. The van der Waals surface area contributed by atoms with Crippen LogP contribution in [0.15, 0.2) is 18.5 Å². The van der Waals surface area contributed by atoms with Crippen LogP contribution < -0.4 is 10.8 Å². The second-order valence-electron chi connectivity index (χ2n) is 7.53. The SMILES string of the molecule is CC1(C)OB(c2cncc(C(=O)NC3CC(F)(F)C3)c2)OC1(C)C. The fourth-order valence-electron chi connectivity index (χ4n) is 2.72. The van der Waals surface area contributed by atoms with Crippen LogP contribution in [0.3, 0.4) is 0 Å². The minimum Gasteiger partial charge on any atom is -0.399 e. The highest BCUT2D eigenvalue weighted by Gasteiger charge is 2.52. The molecule has 1 saturated carbocycles. The van der Waals surface area contributed by atoms with Crippen molar-refractivity contribution in [3.63, 3.8) is 0 Å². The van der Waals surface area contributed by atoms with Crippen molar-refractivity contribution in [1.29, 1.82) is 0 Å². The Morgan fingerprint density at radius 3 is 2.33 bits per heavy atom. The topological polar surface area (TPSA) is 60.5 Å². The molecule has 0 atom stereocenters. The highest BCUT2D eigenvalue weighted by molar-refractivity contribution is 6.62. The number of nitrogens with zero attached hydrogens (tertiary/aromatic N) is 1. The van der Waals surface area contributed by atoms with E-state index in [1.807, 2.05) is 27.7 Å². The predicted molar refractivity (Wildman–Crippen MR) is 85.4 cm³/mol. The third-order valence-corrected chi connectivity index (χ3v) is 4.97. The van der Waals surface area contributed by atoms with Crippen molar-refractivity contribution in [2.45, 2.75) is 63.7 Å². The van der Waals surface area contributed by atoms with Crippen molar-refractivity contribution in [1.82, 2.24) is 10.3 Å². The molecule has 0 unspecified atom stereocenters. The summed E-state index contributed by atoms with van der Waals surface area (Å²) in [5.74, 6) is -3.08. The molecule has 1 aliphatic heterocycles. The number of amides is 1. The van der Waals surface area contributed by atoms with E-state index >= 15 is 0 Å². The molecule has 130 valence electrons. The standard InChI is InChI=1S/C16H21BF2N2O3/c1-14(2)15(3,4)24-17(23-14)11-5-10(8-20-9-11)13(22)21-12-6-16(18,19)7-12/h5,8-9,12H,6-7H2,1-4H3,(H,21,22). The van der Waals surface area contributed by atoms with Crippen LogP contribution >= 0.6 is 0 Å². The van der Waals surface area contributed by atoms with Gasteiger partial charge < -0.3 is 14.6 Å². The van der Waals surface area contributed by atoms with Crippen molar-refractivity contribution in [2.75, 3.05) is 0 Å². The molecule has 2 aliphatic rings. The Kier molecular flexibility index (Phi) is 3.96. The van der Waals surface area contributed by atoms with E-state index in [1.54, 1.807) is 12.3 Å². The van der Waals surface area contributed by atoms with E-state index in [0.29, 0.717) is 11.0 Å². The summed E-state index contributed by atoms with van der Waals surface area (Å²) < 4.78 is 37.6. The Bertz CT molecular complexity index is 642. The first-order chi connectivity index (χ1) is 11.0. The maximum atomic E-state index is 12.9. The maximum Gasteiger partial charge on any atom is 0.496 e. The minimum absolute atomic E-state index is 0.303. The summed E-state index contributed by atoms with van der Waals surface area (Å²) in [5, 5.41) is 2.60. The molecular weight excluding hydrogens is 317 g/mol. The molecule has 1 aliphatic carbocycles. The number of carbonyl (C=O) groups excluding carboxylic acids is 1. The number of pyridine rings is 1. The first-order valence-electron chi connectivity index (χ1n) is 7.98. The first kappa shape index (κ1) is 17.3. The number of hydrogen-bond acceptors (Lipinski definition) is 4. The summed E-state index contributed by atoms with van der Waals surface area (Å²) in [6.07, 6.45) is 2.35. The quantitative estimate of drug-likeness (QED) is 0.856. The first-order valence-corrected chi connectivity index (χ1v) is 7.98. The average molecular weight is 338 g/mol. The summed E-state index contributed by atoms with van der Waals surface area (Å²) in [7, 11) is -0.622. The summed E-state index contributed by atoms with van der Waals surface area (Å²) in [5.41, 5.74) is -0.0568. The minimum atomic E-state index is -2.67. The molecule has 8 heteroatoms. The fraction of sp³-hybridized carbons (Fsp3) is 0.625. The van der Waals surface area contributed by atoms with Crippen LogP contribution in [-0.4, -0.2) is 41.2 Å². The lowest BCUT2D eigenvalue weighted by atomic mass is 9.79. The van der Waals surface area contributed by atoms with Gasteiger partial charge in [-0.25, -0.2) is 8.78 Å². The van der Waals surface area contributed by atoms with Gasteiger partial charge in [0.2, 0.25) is 0 Å². The summed E-state index contributed by atoms with van der Waals surface area (Å²) in [6, 6.07) is 1.13. The molecule has 1 aromatic heterocycles. The van der Waals surface area contributed by atoms with Crippen molar-refractivity contribution in [3.05, 3.63) is 24.0 Å². The molecule has 1 saturated heterocycles. The number of hydrogen-bond donors (Lipinski definition) is 1. The Hall–Kier alpha value is -1.54. The van der Waals surface area contributed by atoms with E-state index in [0.717, 1.165) is 0 Å². The highest BCUT2D eigenvalue weighted by Crippen LogP contribution is 2.38. The molecule has 5 nitrogen and oxygen atoms in total. The van der Waals surface area contributed by atoms with E-state index in [2.05, 4.69) is 10.3 Å². The van der Waals surface area contributed by atoms with E-state index in [9.17, 15) is 13.6 Å². The Morgan fingerprint density at radius 1 is 1.21 bits per heavy atom. The zero-order chi connectivity index (χ0) is 17.8. The monoisotopic (exact) mass is 338 g/mol. The van der Waals surface area contributed by atoms with Crippen molar-refractivity contribution in [3.8, 4) is 0 Å². The van der Waals surface area contributed by atoms with Gasteiger partial charge in [0.1, 0.15) is 0 Å². The molecule has 3 rings (SSSR count). The largest absolute Gasteiger partial charge is 0.496 e. The van der Waals surface area contributed by atoms with Crippen LogP contribution in [0.4, 0.5) is 8.78 Å². The molecule has 0 spiro atoms. The molecule has 0 aromatic carbocycles. The fourth-order valence-corrected chi connectivity index (χ4v) is 2.72. The molecular formula is C16H21BF2N2O3. The second kappa shape index (κ2) is 5.49. The lowest BCUT2D eigenvalue weighted by Gasteiger charge is -2.35. The van der Waals surface area contributed by atoms with E-state index in [-0.39, 0.29) is 12.8 Å². The van der Waals surface area contributed by atoms with Crippen LogP contribution in [0.25, 0.3) is 0 Å². The van der Waals surface area contributed by atoms with E-state index in [4.69, 9.17) is 9.31 Å². The van der Waals surface area contributed by atoms with Crippen molar-refractivity contribution >= 4 is 18.5 Å². The van der Waals surface area contributed by atoms with Gasteiger partial charge in [0.25, 0.3) is 11.8 Å². The van der Waals surface area contributed by atoms with Crippen molar-refractivity contribution < 1.29 is 22.9 Å². The lowest BCUT2D eigenvalue weighted by Crippen LogP contribution is -2.50. The molecule has 24 heavy (non-hydrogen) atoms. The summed E-state index contributed by atoms with van der Waals surface area (Å²) in [6.45, 7) is 7.75. The molecule has 0 bridgehead atoms. The zero-order valence-corrected chi connectivity index (χ0v) is 14.2. The van der Waals surface area contributed by atoms with Crippen LogP contribution in [0, 0.1) is 0 Å². The number of alkyl halides is 2. The van der Waals surface area contributed by atoms with E-state index < -0.39 is 36.2 Å². The third kappa shape index (κ3) is 3.17. The maximum absolute atomic E-state index is 12.9. The number of rotatable bonds is 3. The van der Waals surface area contributed by atoms with Gasteiger partial charge in [0.05, 0.1) is 16.8 Å². The number of carbonyl (C=O) groups is 1. The highest BCUT2D eigenvalue weighted by atomic mass is 19.3. The Morgan fingerprint density at radius 2 is 1.79 bits per heavy atom. The van der Waals surface area contributed by atoms with Gasteiger partial charge in [-0.2, -0.15) is 0 Å². The Labute approximate surface area is 140 Å².